The first-order chi connectivity index (χ1) is 14.2. The normalized spacial score (nSPS) is 10.5. The first-order valence-electron chi connectivity index (χ1n) is 9.17. The van der Waals surface area contributed by atoms with Crippen LogP contribution >= 0.6 is 22.9 Å². The van der Waals surface area contributed by atoms with Crippen molar-refractivity contribution in [2.24, 2.45) is 0 Å². The van der Waals surface area contributed by atoms with Gasteiger partial charge in [0.25, 0.3) is 5.91 Å². The van der Waals surface area contributed by atoms with Gasteiger partial charge in [-0.05, 0) is 56.7 Å². The number of aryl methyl sites for hydroxylation is 3. The van der Waals surface area contributed by atoms with Crippen molar-refractivity contribution in [1.29, 1.82) is 0 Å². The van der Waals surface area contributed by atoms with Crippen LogP contribution in [-0.4, -0.2) is 22.5 Å². The van der Waals surface area contributed by atoms with Crippen LogP contribution in [0.25, 0.3) is 0 Å². The predicted molar refractivity (Wildman–Crippen MR) is 120 cm³/mol. The van der Waals surface area contributed by atoms with Gasteiger partial charge >= 0.3 is 0 Å². The number of carbonyl (C=O) groups excluding carboxylic acids is 3. The second-order valence-corrected chi connectivity index (χ2v) is 8.30. The van der Waals surface area contributed by atoms with Crippen LogP contribution in [0, 0.1) is 20.8 Å². The van der Waals surface area contributed by atoms with Gasteiger partial charge < -0.3 is 10.6 Å². The van der Waals surface area contributed by atoms with Crippen molar-refractivity contribution in [3.8, 4) is 0 Å². The Balaban J connectivity index is 1.64. The van der Waals surface area contributed by atoms with Gasteiger partial charge in [0.2, 0.25) is 5.78 Å². The maximum absolute atomic E-state index is 12.6. The molecule has 0 saturated heterocycles. The number of nitrogens with one attached hydrogen (secondary N) is 2. The summed E-state index contributed by atoms with van der Waals surface area (Å²) in [6.45, 7) is 5.46. The zero-order valence-electron chi connectivity index (χ0n) is 16.7. The highest BCUT2D eigenvalue weighted by atomic mass is 35.5. The largest absolute Gasteiger partial charge is 0.332 e. The SMILES string of the molecule is Cc1ccc(Nc2nc(C)c(C(=O)CC(=O)C(=O)Nc3ccc(Cl)cc3C)s2)cc1. The fourth-order valence-corrected chi connectivity index (χ4v) is 3.89. The van der Waals surface area contributed by atoms with E-state index in [-0.39, 0.29) is 0 Å². The first-order valence-corrected chi connectivity index (χ1v) is 10.4. The molecule has 0 aliphatic carbocycles. The summed E-state index contributed by atoms with van der Waals surface area (Å²) in [5, 5.41) is 6.75. The van der Waals surface area contributed by atoms with E-state index in [1.165, 1.54) is 0 Å². The minimum Gasteiger partial charge on any atom is -0.332 e. The Kier molecular flexibility index (Phi) is 6.64. The van der Waals surface area contributed by atoms with Crippen molar-refractivity contribution in [2.45, 2.75) is 27.2 Å². The minimum absolute atomic E-state index is 0.355. The maximum atomic E-state index is 12.6. The predicted octanol–water partition coefficient (Wildman–Crippen LogP) is 5.25. The Labute approximate surface area is 183 Å². The van der Waals surface area contributed by atoms with Crippen molar-refractivity contribution in [3.63, 3.8) is 0 Å². The van der Waals surface area contributed by atoms with Crippen LogP contribution in [0.4, 0.5) is 16.5 Å². The van der Waals surface area contributed by atoms with Gasteiger partial charge in [0.1, 0.15) is 0 Å². The summed E-state index contributed by atoms with van der Waals surface area (Å²) >= 11 is 7.05. The van der Waals surface area contributed by atoms with Gasteiger partial charge in [0.05, 0.1) is 17.0 Å². The van der Waals surface area contributed by atoms with Crippen molar-refractivity contribution >= 4 is 56.9 Å². The van der Waals surface area contributed by atoms with Gasteiger partial charge in [-0.25, -0.2) is 4.98 Å². The summed E-state index contributed by atoms with van der Waals surface area (Å²) in [4.78, 5) is 41.8. The van der Waals surface area contributed by atoms with Crippen LogP contribution < -0.4 is 10.6 Å². The number of anilines is 3. The summed E-state index contributed by atoms with van der Waals surface area (Å²) in [6, 6.07) is 12.7. The van der Waals surface area contributed by atoms with Gasteiger partial charge in [-0.3, -0.25) is 14.4 Å². The number of hydrogen-bond acceptors (Lipinski definition) is 6. The zero-order valence-corrected chi connectivity index (χ0v) is 18.3. The van der Waals surface area contributed by atoms with Crippen molar-refractivity contribution in [2.75, 3.05) is 10.6 Å². The van der Waals surface area contributed by atoms with Gasteiger partial charge in [0, 0.05) is 16.4 Å². The van der Waals surface area contributed by atoms with Crippen LogP contribution in [0.2, 0.25) is 5.02 Å². The molecule has 1 heterocycles. The second-order valence-electron chi connectivity index (χ2n) is 6.86. The average Bonchev–Trinajstić information content (AvgIpc) is 3.06. The molecule has 1 amide bonds. The summed E-state index contributed by atoms with van der Waals surface area (Å²) in [5.74, 6) is -2.08. The van der Waals surface area contributed by atoms with Crippen LogP contribution in [0.5, 0.6) is 0 Å². The molecule has 30 heavy (non-hydrogen) atoms. The summed E-state index contributed by atoms with van der Waals surface area (Å²) in [7, 11) is 0. The molecule has 0 aliphatic heterocycles. The lowest BCUT2D eigenvalue weighted by Crippen LogP contribution is -2.25. The molecule has 0 fully saturated rings. The Bertz CT molecular complexity index is 1120. The van der Waals surface area contributed by atoms with E-state index in [0.29, 0.717) is 26.4 Å². The second kappa shape index (κ2) is 9.19. The van der Waals surface area contributed by atoms with Crippen molar-refractivity contribution in [3.05, 3.63) is 69.2 Å². The summed E-state index contributed by atoms with van der Waals surface area (Å²) in [5.41, 5.74) is 3.70. The molecule has 0 radical (unpaired) electrons. The Morgan fingerprint density at radius 2 is 1.73 bits per heavy atom. The summed E-state index contributed by atoms with van der Waals surface area (Å²) < 4.78 is 0. The highest BCUT2D eigenvalue weighted by Gasteiger charge is 2.23. The lowest BCUT2D eigenvalue weighted by atomic mass is 10.1. The Hall–Kier alpha value is -3.03. The van der Waals surface area contributed by atoms with Gasteiger partial charge in [0.15, 0.2) is 10.9 Å². The third-order valence-electron chi connectivity index (χ3n) is 4.36. The van der Waals surface area contributed by atoms with E-state index in [9.17, 15) is 14.4 Å². The van der Waals surface area contributed by atoms with Crippen LogP contribution in [0.1, 0.15) is 32.9 Å². The molecular formula is C22H20ClN3O3S. The molecule has 1 aromatic heterocycles. The van der Waals surface area contributed by atoms with Crippen molar-refractivity contribution in [1.82, 2.24) is 4.98 Å². The lowest BCUT2D eigenvalue weighted by Gasteiger charge is -2.07. The molecule has 6 nitrogen and oxygen atoms in total. The van der Waals surface area contributed by atoms with E-state index in [4.69, 9.17) is 11.6 Å². The Morgan fingerprint density at radius 1 is 1.03 bits per heavy atom. The zero-order chi connectivity index (χ0) is 21.8. The minimum atomic E-state index is -0.839. The average molecular weight is 442 g/mol. The smallest absolute Gasteiger partial charge is 0.292 e. The summed E-state index contributed by atoms with van der Waals surface area (Å²) in [6.07, 6.45) is -0.522. The van der Waals surface area contributed by atoms with E-state index in [1.54, 1.807) is 32.0 Å². The molecule has 3 rings (SSSR count). The number of benzene rings is 2. The molecule has 154 valence electrons. The number of hydrogen-bond donors (Lipinski definition) is 2. The van der Waals surface area contributed by atoms with Gasteiger partial charge in [-0.2, -0.15) is 0 Å². The van der Waals surface area contributed by atoms with E-state index >= 15 is 0 Å². The molecule has 0 saturated carbocycles. The molecule has 0 spiro atoms. The van der Waals surface area contributed by atoms with E-state index in [1.807, 2.05) is 31.2 Å². The molecule has 2 aromatic carbocycles. The Morgan fingerprint density at radius 3 is 2.40 bits per heavy atom. The number of amides is 1. The number of thiazole rings is 1. The fraction of sp³-hybridized carbons (Fsp3) is 0.182. The number of Topliss-reactive ketones (excluding diaryl/α,β-unsaturated/α-hetero) is 2. The topological polar surface area (TPSA) is 88.2 Å². The molecule has 0 unspecified atom stereocenters. The number of aromatic nitrogens is 1. The molecular weight excluding hydrogens is 422 g/mol. The molecule has 0 atom stereocenters. The quantitative estimate of drug-likeness (QED) is 0.297. The van der Waals surface area contributed by atoms with E-state index in [0.717, 1.165) is 28.2 Å². The molecule has 3 aromatic rings. The third-order valence-corrected chi connectivity index (χ3v) is 5.71. The molecule has 0 aliphatic rings. The van der Waals surface area contributed by atoms with E-state index in [2.05, 4.69) is 15.6 Å². The number of carbonyl (C=O) groups is 3. The fourth-order valence-electron chi connectivity index (χ4n) is 2.73. The highest BCUT2D eigenvalue weighted by Crippen LogP contribution is 2.27. The number of ketones is 2. The number of nitrogens with zero attached hydrogens (tertiary/aromatic N) is 1. The van der Waals surface area contributed by atoms with Crippen LogP contribution in [0.15, 0.2) is 42.5 Å². The van der Waals surface area contributed by atoms with E-state index < -0.39 is 23.9 Å². The third kappa shape index (κ3) is 5.31. The first kappa shape index (κ1) is 21.7. The number of rotatable bonds is 7. The molecule has 2 N–H and O–H groups in total. The lowest BCUT2D eigenvalue weighted by molar-refractivity contribution is -0.134. The number of halogens is 1. The monoisotopic (exact) mass is 441 g/mol. The molecule has 0 bridgehead atoms. The molecule has 8 heteroatoms. The van der Waals surface area contributed by atoms with Crippen LogP contribution in [-0.2, 0) is 9.59 Å². The van der Waals surface area contributed by atoms with Gasteiger partial charge in [-0.1, -0.05) is 40.6 Å². The van der Waals surface area contributed by atoms with Crippen molar-refractivity contribution < 1.29 is 14.4 Å². The maximum Gasteiger partial charge on any atom is 0.292 e. The standard InChI is InChI=1S/C22H20ClN3O3S/c1-12-4-7-16(8-5-12)25-22-24-14(3)20(30-22)18(27)11-19(28)21(29)26-17-9-6-15(23)10-13(17)2/h4-10H,11H2,1-3H3,(H,24,25)(H,26,29). The van der Waals surface area contributed by atoms with Crippen LogP contribution in [0.3, 0.4) is 0 Å². The highest BCUT2D eigenvalue weighted by molar-refractivity contribution is 7.17. The van der Waals surface area contributed by atoms with Gasteiger partial charge in [-0.15, -0.1) is 0 Å².